The Kier molecular flexibility index (Phi) is 5.75. The minimum atomic E-state index is -0.865. The van der Waals surface area contributed by atoms with Gasteiger partial charge in [0.2, 0.25) is 5.91 Å². The Morgan fingerprint density at radius 3 is 2.68 bits per heavy atom. The number of hydrogen-bond donors (Lipinski definition) is 1. The molecule has 2 unspecified atom stereocenters. The summed E-state index contributed by atoms with van der Waals surface area (Å²) in [5, 5.41) is 10.7. The van der Waals surface area contributed by atoms with Gasteiger partial charge in [-0.3, -0.25) is 14.7 Å². The van der Waals surface area contributed by atoms with Crippen LogP contribution in [-0.4, -0.2) is 51.1 Å². The molecule has 1 amide bonds. The molecule has 5 rings (SSSR count). The van der Waals surface area contributed by atoms with Gasteiger partial charge in [-0.25, -0.2) is 9.37 Å². The zero-order chi connectivity index (χ0) is 23.8. The largest absolute Gasteiger partial charge is 0.495 e. The van der Waals surface area contributed by atoms with Crippen LogP contribution in [0, 0.1) is 12.7 Å². The van der Waals surface area contributed by atoms with Gasteiger partial charge in [-0.2, -0.15) is 0 Å². The van der Waals surface area contributed by atoms with Gasteiger partial charge in [0, 0.05) is 12.6 Å². The molecule has 1 saturated heterocycles. The number of nitrogens with zero attached hydrogens (tertiary/aromatic N) is 4. The van der Waals surface area contributed by atoms with E-state index in [4.69, 9.17) is 4.74 Å². The molecule has 34 heavy (non-hydrogen) atoms. The summed E-state index contributed by atoms with van der Waals surface area (Å²) in [6.45, 7) is 2.10. The average Bonchev–Trinajstić information content (AvgIpc) is 3.27. The van der Waals surface area contributed by atoms with E-state index in [2.05, 4.69) is 9.98 Å². The summed E-state index contributed by atoms with van der Waals surface area (Å²) in [4.78, 5) is 23.3. The van der Waals surface area contributed by atoms with Crippen LogP contribution in [0.5, 0.6) is 5.75 Å². The van der Waals surface area contributed by atoms with Crippen molar-refractivity contribution in [1.29, 1.82) is 0 Å². The van der Waals surface area contributed by atoms with Gasteiger partial charge in [-0.05, 0) is 60.4 Å². The maximum Gasteiger partial charge on any atom is 0.229 e. The highest BCUT2D eigenvalue weighted by molar-refractivity contribution is 6.13. The zero-order valence-electron chi connectivity index (χ0n) is 19.0. The molecular weight excluding hydrogens is 435 g/mol. The van der Waals surface area contributed by atoms with Crippen LogP contribution < -0.4 is 4.74 Å². The lowest BCUT2D eigenvalue weighted by molar-refractivity contribution is -0.132. The third kappa shape index (κ3) is 4.01. The lowest BCUT2D eigenvalue weighted by Gasteiger charge is -2.42. The second-order valence-corrected chi connectivity index (χ2v) is 8.51. The van der Waals surface area contributed by atoms with E-state index in [1.54, 1.807) is 30.5 Å². The molecule has 0 radical (unpaired) electrons. The van der Waals surface area contributed by atoms with Crippen molar-refractivity contribution >= 4 is 17.8 Å². The number of benzene rings is 2. The number of rotatable bonds is 4. The quantitative estimate of drug-likeness (QED) is 0.642. The Hall–Kier alpha value is -3.78. The predicted molar refractivity (Wildman–Crippen MR) is 126 cm³/mol. The van der Waals surface area contributed by atoms with Crippen molar-refractivity contribution in [3.8, 4) is 11.4 Å². The van der Waals surface area contributed by atoms with Crippen molar-refractivity contribution in [2.24, 2.45) is 4.99 Å². The Labute approximate surface area is 196 Å². The van der Waals surface area contributed by atoms with Crippen molar-refractivity contribution in [3.05, 3.63) is 83.2 Å². The third-order valence-electron chi connectivity index (χ3n) is 6.21. The second kappa shape index (κ2) is 8.87. The minimum absolute atomic E-state index is 0.104. The summed E-state index contributed by atoms with van der Waals surface area (Å²) in [5.74, 6) is 0.786. The molecule has 2 aliphatic rings. The number of piperidine rings is 1. The number of ether oxygens (including phenoxy) is 1. The lowest BCUT2D eigenvalue weighted by atomic mass is 9.91. The number of hydrogen-bond acceptors (Lipinski definition) is 5. The van der Waals surface area contributed by atoms with Gasteiger partial charge in [0.1, 0.15) is 17.4 Å². The molecule has 2 aliphatic heterocycles. The van der Waals surface area contributed by atoms with Gasteiger partial charge in [0.25, 0.3) is 0 Å². The highest BCUT2D eigenvalue weighted by Crippen LogP contribution is 2.36. The molecule has 3 aromatic rings. The number of methoxy groups -OCH3 is 1. The fraction of sp³-hybridized carbons (Fsp3) is 0.269. The highest BCUT2D eigenvalue weighted by atomic mass is 19.1. The standard InChI is InChI=1S/C26H25FN4O3/c1-16-14-30(15-29-16)21-9-3-17(12-23(21)34-2)11-19-6-10-24(33)31-25(22(32)13-28-26(19)31)18-4-7-20(27)8-5-18/h3-5,7-9,11-12,14-15,22,25,32H,6,10,13H2,1-2H3. The molecule has 174 valence electrons. The minimum Gasteiger partial charge on any atom is -0.495 e. The number of aliphatic hydroxyl groups excluding tert-OH is 1. The molecule has 1 N–H and O–H groups in total. The number of aryl methyl sites for hydroxylation is 1. The first kappa shape index (κ1) is 22.0. The zero-order valence-corrected chi connectivity index (χ0v) is 19.0. The van der Waals surface area contributed by atoms with E-state index in [0.29, 0.717) is 30.0 Å². The SMILES string of the molecule is COc1cc(C=C2CCC(=O)N3C2=NCC(O)C3c2ccc(F)cc2)ccc1-n1cnc(C)c1. The lowest BCUT2D eigenvalue weighted by Crippen LogP contribution is -2.51. The summed E-state index contributed by atoms with van der Waals surface area (Å²) >= 11 is 0. The number of halogens is 1. The normalized spacial score (nSPS) is 21.4. The van der Waals surface area contributed by atoms with Gasteiger partial charge >= 0.3 is 0 Å². The number of aromatic nitrogens is 2. The van der Waals surface area contributed by atoms with Gasteiger partial charge in [0.05, 0.1) is 43.5 Å². The summed E-state index contributed by atoms with van der Waals surface area (Å²) in [5.41, 5.74) is 4.28. The molecule has 3 heterocycles. The van der Waals surface area contributed by atoms with Crippen LogP contribution >= 0.6 is 0 Å². The number of amidine groups is 1. The first-order valence-corrected chi connectivity index (χ1v) is 11.1. The van der Waals surface area contributed by atoms with E-state index in [1.165, 1.54) is 12.1 Å². The van der Waals surface area contributed by atoms with Crippen LogP contribution in [0.1, 0.15) is 35.7 Å². The fourth-order valence-corrected chi connectivity index (χ4v) is 4.58. The molecule has 2 aromatic carbocycles. The summed E-state index contributed by atoms with van der Waals surface area (Å²) in [7, 11) is 1.63. The van der Waals surface area contributed by atoms with Crippen LogP contribution in [0.15, 0.2) is 65.6 Å². The number of amides is 1. The van der Waals surface area contributed by atoms with Crippen molar-refractivity contribution in [2.45, 2.75) is 31.9 Å². The fourth-order valence-electron chi connectivity index (χ4n) is 4.58. The molecule has 8 heteroatoms. The van der Waals surface area contributed by atoms with E-state index >= 15 is 0 Å². The summed E-state index contributed by atoms with van der Waals surface area (Å²) in [6.07, 6.45) is 5.66. The molecule has 1 fully saturated rings. The van der Waals surface area contributed by atoms with Crippen molar-refractivity contribution in [2.75, 3.05) is 13.7 Å². The van der Waals surface area contributed by atoms with Gasteiger partial charge in [0.15, 0.2) is 0 Å². The topological polar surface area (TPSA) is 80.0 Å². The Morgan fingerprint density at radius 1 is 1.18 bits per heavy atom. The van der Waals surface area contributed by atoms with E-state index in [1.807, 2.05) is 42.0 Å². The van der Waals surface area contributed by atoms with Crippen molar-refractivity contribution in [3.63, 3.8) is 0 Å². The monoisotopic (exact) mass is 460 g/mol. The van der Waals surface area contributed by atoms with E-state index in [-0.39, 0.29) is 18.3 Å². The highest BCUT2D eigenvalue weighted by Gasteiger charge is 2.41. The molecule has 7 nitrogen and oxygen atoms in total. The summed E-state index contributed by atoms with van der Waals surface area (Å²) < 4.78 is 21.0. The van der Waals surface area contributed by atoms with E-state index in [0.717, 1.165) is 22.5 Å². The second-order valence-electron chi connectivity index (χ2n) is 8.51. The third-order valence-corrected chi connectivity index (χ3v) is 6.21. The number of aliphatic imine (C=N–C) groups is 1. The van der Waals surface area contributed by atoms with Gasteiger partial charge < -0.3 is 14.4 Å². The molecule has 2 atom stereocenters. The Balaban J connectivity index is 1.50. The van der Waals surface area contributed by atoms with Crippen LogP contribution in [-0.2, 0) is 4.79 Å². The first-order chi connectivity index (χ1) is 16.4. The van der Waals surface area contributed by atoms with Gasteiger partial charge in [-0.1, -0.05) is 18.2 Å². The molecule has 1 aromatic heterocycles. The Morgan fingerprint density at radius 2 is 1.97 bits per heavy atom. The van der Waals surface area contributed by atoms with E-state index in [9.17, 15) is 14.3 Å². The smallest absolute Gasteiger partial charge is 0.229 e. The van der Waals surface area contributed by atoms with Crippen LogP contribution in [0.2, 0.25) is 0 Å². The number of carbonyl (C=O) groups excluding carboxylic acids is 1. The number of imidazole rings is 1. The molecule has 0 bridgehead atoms. The van der Waals surface area contributed by atoms with Crippen LogP contribution in [0.25, 0.3) is 11.8 Å². The predicted octanol–water partition coefficient (Wildman–Crippen LogP) is 3.85. The summed E-state index contributed by atoms with van der Waals surface area (Å²) in [6, 6.07) is 11.2. The van der Waals surface area contributed by atoms with E-state index < -0.39 is 12.1 Å². The Bertz CT molecular complexity index is 1300. The average molecular weight is 461 g/mol. The first-order valence-electron chi connectivity index (χ1n) is 11.1. The molecule has 0 aliphatic carbocycles. The number of fused-ring (bicyclic) bond motifs is 1. The molecule has 0 spiro atoms. The van der Waals surface area contributed by atoms with Crippen molar-refractivity contribution < 1.29 is 19.0 Å². The van der Waals surface area contributed by atoms with Crippen molar-refractivity contribution in [1.82, 2.24) is 14.5 Å². The van der Waals surface area contributed by atoms with Crippen LogP contribution in [0.4, 0.5) is 4.39 Å². The maximum atomic E-state index is 13.5. The molecular formula is C26H25FN4O3. The molecule has 0 saturated carbocycles. The maximum absolute atomic E-state index is 13.5. The number of aliphatic hydroxyl groups is 1. The number of carbonyl (C=O) groups is 1. The van der Waals surface area contributed by atoms with Gasteiger partial charge in [-0.15, -0.1) is 0 Å². The van der Waals surface area contributed by atoms with Crippen LogP contribution in [0.3, 0.4) is 0 Å².